The minimum Gasteiger partial charge on any atom is -0.336 e. The second kappa shape index (κ2) is 5.63. The van der Waals surface area contributed by atoms with E-state index in [1.807, 2.05) is 11.0 Å². The van der Waals surface area contributed by atoms with E-state index in [0.29, 0.717) is 6.42 Å². The quantitative estimate of drug-likeness (QED) is 0.628. The predicted molar refractivity (Wildman–Crippen MR) is 59.0 cm³/mol. The molecule has 0 aliphatic carbocycles. The van der Waals surface area contributed by atoms with Gasteiger partial charge in [0.1, 0.15) is 0 Å². The Morgan fingerprint density at radius 3 is 2.86 bits per heavy atom. The van der Waals surface area contributed by atoms with Crippen molar-refractivity contribution in [3.8, 4) is 0 Å². The molecular weight excluding hydrogens is 174 g/mol. The van der Waals surface area contributed by atoms with Crippen LogP contribution in [-0.2, 0) is 4.79 Å². The van der Waals surface area contributed by atoms with E-state index < -0.39 is 0 Å². The van der Waals surface area contributed by atoms with Crippen LogP contribution < -0.4 is 0 Å². The largest absolute Gasteiger partial charge is 0.336 e. The van der Waals surface area contributed by atoms with Gasteiger partial charge in [0, 0.05) is 19.0 Å². The minimum atomic E-state index is 0.245. The highest BCUT2D eigenvalue weighted by Gasteiger charge is 2.23. The van der Waals surface area contributed by atoms with Crippen molar-refractivity contribution in [3.63, 3.8) is 0 Å². The fourth-order valence-corrected chi connectivity index (χ4v) is 1.88. The van der Waals surface area contributed by atoms with E-state index in [1.54, 1.807) is 6.08 Å². The van der Waals surface area contributed by atoms with Crippen molar-refractivity contribution < 1.29 is 4.79 Å². The lowest BCUT2D eigenvalue weighted by Gasteiger charge is -2.33. The molecule has 0 spiro atoms. The zero-order valence-electron chi connectivity index (χ0n) is 8.74. The first kappa shape index (κ1) is 11.0. The summed E-state index contributed by atoms with van der Waals surface area (Å²) < 4.78 is 0. The standard InChI is InChI=1S/C12H19NO/c1-3-5-9-12(14)13-10-7-6-8-11(13)4-2/h3-4,11H,1-2,5-10H2/t11-/m1/s1. The SMILES string of the molecule is C=CCCC(=O)N1CCCC[C@H]1C=C. The highest BCUT2D eigenvalue weighted by Crippen LogP contribution is 2.18. The lowest BCUT2D eigenvalue weighted by molar-refractivity contribution is -0.133. The predicted octanol–water partition coefficient (Wildman–Crippen LogP) is 2.52. The summed E-state index contributed by atoms with van der Waals surface area (Å²) in [7, 11) is 0. The molecule has 2 nitrogen and oxygen atoms in total. The molecule has 0 aromatic carbocycles. The molecule has 2 heteroatoms. The topological polar surface area (TPSA) is 20.3 Å². The lowest BCUT2D eigenvalue weighted by atomic mass is 10.0. The zero-order chi connectivity index (χ0) is 10.4. The Kier molecular flexibility index (Phi) is 4.44. The summed E-state index contributed by atoms with van der Waals surface area (Å²) in [6, 6.07) is 0.265. The molecule has 0 radical (unpaired) electrons. The van der Waals surface area contributed by atoms with Gasteiger partial charge in [0.25, 0.3) is 0 Å². The number of rotatable bonds is 4. The highest BCUT2D eigenvalue weighted by atomic mass is 16.2. The van der Waals surface area contributed by atoms with Crippen molar-refractivity contribution >= 4 is 5.91 Å². The number of likely N-dealkylation sites (tertiary alicyclic amines) is 1. The molecule has 1 saturated heterocycles. The zero-order valence-corrected chi connectivity index (χ0v) is 8.74. The van der Waals surface area contributed by atoms with Crippen LogP contribution in [0, 0.1) is 0 Å². The molecule has 0 bridgehead atoms. The molecule has 1 atom stereocenters. The number of carbonyl (C=O) groups excluding carboxylic acids is 1. The van der Waals surface area contributed by atoms with E-state index in [4.69, 9.17) is 0 Å². The summed E-state index contributed by atoms with van der Waals surface area (Å²) in [6.45, 7) is 8.30. The van der Waals surface area contributed by atoms with Crippen LogP contribution in [0.5, 0.6) is 0 Å². The van der Waals surface area contributed by atoms with Gasteiger partial charge in [-0.1, -0.05) is 12.2 Å². The number of carbonyl (C=O) groups is 1. The Morgan fingerprint density at radius 1 is 1.43 bits per heavy atom. The number of amides is 1. The van der Waals surface area contributed by atoms with Crippen molar-refractivity contribution in [2.24, 2.45) is 0 Å². The van der Waals surface area contributed by atoms with Gasteiger partial charge >= 0.3 is 0 Å². The molecule has 78 valence electrons. The summed E-state index contributed by atoms with van der Waals surface area (Å²) in [5.74, 6) is 0.245. The van der Waals surface area contributed by atoms with Gasteiger partial charge in [-0.05, 0) is 25.7 Å². The van der Waals surface area contributed by atoms with Gasteiger partial charge in [-0.25, -0.2) is 0 Å². The Hall–Kier alpha value is -1.05. The molecule has 14 heavy (non-hydrogen) atoms. The van der Waals surface area contributed by atoms with Gasteiger partial charge in [-0.15, -0.1) is 13.2 Å². The number of piperidine rings is 1. The maximum Gasteiger partial charge on any atom is 0.223 e. The van der Waals surface area contributed by atoms with Crippen molar-refractivity contribution in [1.82, 2.24) is 4.90 Å². The molecule has 0 aromatic rings. The maximum atomic E-state index is 11.8. The number of allylic oxidation sites excluding steroid dienone is 1. The van der Waals surface area contributed by atoms with E-state index in [2.05, 4.69) is 13.2 Å². The minimum absolute atomic E-state index is 0.245. The van der Waals surface area contributed by atoms with Crippen LogP contribution in [0.1, 0.15) is 32.1 Å². The highest BCUT2D eigenvalue weighted by molar-refractivity contribution is 5.77. The average Bonchev–Trinajstić information content (AvgIpc) is 2.25. The molecule has 1 rings (SSSR count). The molecule has 0 N–H and O–H groups in total. The van der Waals surface area contributed by atoms with E-state index >= 15 is 0 Å². The fraction of sp³-hybridized carbons (Fsp3) is 0.583. The Morgan fingerprint density at radius 2 is 2.21 bits per heavy atom. The van der Waals surface area contributed by atoms with Crippen molar-refractivity contribution in [2.75, 3.05) is 6.54 Å². The fourth-order valence-electron chi connectivity index (χ4n) is 1.88. The van der Waals surface area contributed by atoms with Gasteiger partial charge in [0.2, 0.25) is 5.91 Å². The van der Waals surface area contributed by atoms with Crippen LogP contribution in [0.25, 0.3) is 0 Å². The molecule has 0 unspecified atom stereocenters. The lowest BCUT2D eigenvalue weighted by Crippen LogP contribution is -2.42. The van der Waals surface area contributed by atoms with Crippen LogP contribution in [0.15, 0.2) is 25.3 Å². The second-order valence-corrected chi connectivity index (χ2v) is 3.71. The van der Waals surface area contributed by atoms with Gasteiger partial charge in [0.05, 0.1) is 0 Å². The third kappa shape index (κ3) is 2.72. The molecule has 1 fully saturated rings. The van der Waals surface area contributed by atoms with Crippen molar-refractivity contribution in [1.29, 1.82) is 0 Å². The van der Waals surface area contributed by atoms with Crippen LogP contribution in [-0.4, -0.2) is 23.4 Å². The smallest absolute Gasteiger partial charge is 0.223 e. The summed E-state index contributed by atoms with van der Waals surface area (Å²) in [6.07, 6.45) is 8.47. The number of hydrogen-bond acceptors (Lipinski definition) is 1. The van der Waals surface area contributed by atoms with E-state index in [-0.39, 0.29) is 11.9 Å². The first-order valence-corrected chi connectivity index (χ1v) is 5.32. The summed E-state index contributed by atoms with van der Waals surface area (Å²) in [4.78, 5) is 13.7. The maximum absolute atomic E-state index is 11.8. The average molecular weight is 193 g/mol. The normalized spacial score (nSPS) is 21.7. The van der Waals surface area contributed by atoms with Gasteiger partial charge in [-0.2, -0.15) is 0 Å². The molecule has 0 aromatic heterocycles. The summed E-state index contributed by atoms with van der Waals surface area (Å²) in [5, 5.41) is 0. The second-order valence-electron chi connectivity index (χ2n) is 3.71. The van der Waals surface area contributed by atoms with Gasteiger partial charge < -0.3 is 4.90 Å². The summed E-state index contributed by atoms with van der Waals surface area (Å²) in [5.41, 5.74) is 0. The molecule has 1 aliphatic rings. The molecule has 1 amide bonds. The van der Waals surface area contributed by atoms with Gasteiger partial charge in [-0.3, -0.25) is 4.79 Å². The monoisotopic (exact) mass is 193 g/mol. The van der Waals surface area contributed by atoms with Crippen LogP contribution in [0.2, 0.25) is 0 Å². The van der Waals surface area contributed by atoms with E-state index in [1.165, 1.54) is 6.42 Å². The molecule has 1 heterocycles. The van der Waals surface area contributed by atoms with Crippen molar-refractivity contribution in [2.45, 2.75) is 38.1 Å². The number of nitrogens with zero attached hydrogens (tertiary/aromatic N) is 1. The Bertz CT molecular complexity index is 222. The molecule has 0 saturated carbocycles. The van der Waals surface area contributed by atoms with E-state index in [9.17, 15) is 4.79 Å². The first-order valence-electron chi connectivity index (χ1n) is 5.32. The van der Waals surface area contributed by atoms with Crippen LogP contribution in [0.3, 0.4) is 0 Å². The molecule has 1 aliphatic heterocycles. The number of hydrogen-bond donors (Lipinski definition) is 0. The third-order valence-electron chi connectivity index (χ3n) is 2.70. The van der Waals surface area contributed by atoms with Crippen LogP contribution >= 0.6 is 0 Å². The van der Waals surface area contributed by atoms with Crippen molar-refractivity contribution in [3.05, 3.63) is 25.3 Å². The van der Waals surface area contributed by atoms with Crippen LogP contribution in [0.4, 0.5) is 0 Å². The van der Waals surface area contributed by atoms with Gasteiger partial charge in [0.15, 0.2) is 0 Å². The third-order valence-corrected chi connectivity index (χ3v) is 2.70. The Balaban J connectivity index is 2.49. The Labute approximate surface area is 86.3 Å². The first-order chi connectivity index (χ1) is 6.79. The summed E-state index contributed by atoms with van der Waals surface area (Å²) >= 11 is 0. The molecular formula is C12H19NO. The van der Waals surface area contributed by atoms with E-state index in [0.717, 1.165) is 25.8 Å².